The smallest absolute Gasteiger partial charge is 0.242 e. The first-order valence-electron chi connectivity index (χ1n) is 7.10. The molecule has 0 saturated heterocycles. The minimum absolute atomic E-state index is 0.0298. The fraction of sp³-hybridized carbons (Fsp3) is 0.375. The maximum absolute atomic E-state index is 12.5. The number of hydrogen-bond acceptors (Lipinski definition) is 4. The molecule has 2 aromatic heterocycles. The molecule has 0 saturated carbocycles. The van der Waals surface area contributed by atoms with Gasteiger partial charge >= 0.3 is 0 Å². The van der Waals surface area contributed by atoms with Crippen LogP contribution in [0.3, 0.4) is 0 Å². The fourth-order valence-electron chi connectivity index (χ4n) is 2.18. The SMILES string of the molecule is CC(C)(C)CC(NS(=O)(=O)c1cccnc1)c1cccnc1. The van der Waals surface area contributed by atoms with Crippen LogP contribution in [0, 0.1) is 5.41 Å². The molecule has 0 aromatic carbocycles. The van der Waals surface area contributed by atoms with Crippen molar-refractivity contribution in [1.29, 1.82) is 0 Å². The molecule has 0 aliphatic rings. The molecule has 1 N–H and O–H groups in total. The molecular formula is C16H21N3O2S. The Kier molecular flexibility index (Phi) is 4.93. The summed E-state index contributed by atoms with van der Waals surface area (Å²) in [5, 5.41) is 0. The lowest BCUT2D eigenvalue weighted by Crippen LogP contribution is -2.31. The van der Waals surface area contributed by atoms with Crippen LogP contribution in [-0.2, 0) is 10.0 Å². The highest BCUT2D eigenvalue weighted by Crippen LogP contribution is 2.30. The summed E-state index contributed by atoms with van der Waals surface area (Å²) in [5.74, 6) is 0. The molecule has 0 fully saturated rings. The van der Waals surface area contributed by atoms with Crippen molar-refractivity contribution in [2.24, 2.45) is 5.41 Å². The standard InChI is InChI=1S/C16H21N3O2S/c1-16(2,3)10-15(13-6-4-8-17-11-13)19-22(20,21)14-7-5-9-18-12-14/h4-9,11-12,15,19H,10H2,1-3H3. The fourth-order valence-corrected chi connectivity index (χ4v) is 3.37. The van der Waals surface area contributed by atoms with Gasteiger partial charge in [0.1, 0.15) is 4.90 Å². The van der Waals surface area contributed by atoms with Crippen molar-refractivity contribution < 1.29 is 8.42 Å². The predicted molar refractivity (Wildman–Crippen MR) is 85.6 cm³/mol. The Balaban J connectivity index is 2.31. The van der Waals surface area contributed by atoms with Gasteiger partial charge in [0, 0.05) is 30.8 Å². The van der Waals surface area contributed by atoms with Crippen molar-refractivity contribution in [3.05, 3.63) is 54.6 Å². The number of sulfonamides is 1. The van der Waals surface area contributed by atoms with E-state index in [0.717, 1.165) is 5.56 Å². The van der Waals surface area contributed by atoms with E-state index in [1.165, 1.54) is 12.3 Å². The van der Waals surface area contributed by atoms with E-state index in [-0.39, 0.29) is 16.4 Å². The van der Waals surface area contributed by atoms with E-state index < -0.39 is 10.0 Å². The third-order valence-electron chi connectivity index (χ3n) is 3.15. The van der Waals surface area contributed by atoms with Gasteiger partial charge in [-0.2, -0.15) is 0 Å². The van der Waals surface area contributed by atoms with Crippen molar-refractivity contribution in [3.63, 3.8) is 0 Å². The topological polar surface area (TPSA) is 72.0 Å². The van der Waals surface area contributed by atoms with Crippen LogP contribution in [0.5, 0.6) is 0 Å². The molecule has 22 heavy (non-hydrogen) atoms. The third kappa shape index (κ3) is 4.61. The number of nitrogens with zero attached hydrogens (tertiary/aromatic N) is 2. The molecule has 2 rings (SSSR count). The third-order valence-corrected chi connectivity index (χ3v) is 4.60. The Bertz CT molecular complexity index is 695. The number of nitrogens with one attached hydrogen (secondary N) is 1. The zero-order valence-electron chi connectivity index (χ0n) is 13.0. The highest BCUT2D eigenvalue weighted by atomic mass is 32.2. The Hall–Kier alpha value is -1.79. The molecule has 0 bridgehead atoms. The van der Waals surface area contributed by atoms with E-state index in [1.807, 2.05) is 12.1 Å². The molecule has 6 heteroatoms. The summed E-state index contributed by atoms with van der Waals surface area (Å²) >= 11 is 0. The molecule has 2 heterocycles. The second-order valence-electron chi connectivity index (χ2n) is 6.41. The Morgan fingerprint density at radius 3 is 2.23 bits per heavy atom. The zero-order chi connectivity index (χ0) is 16.2. The minimum Gasteiger partial charge on any atom is -0.264 e. The van der Waals surface area contributed by atoms with Gasteiger partial charge in [-0.05, 0) is 35.6 Å². The normalized spacial score (nSPS) is 13.8. The van der Waals surface area contributed by atoms with Gasteiger partial charge in [0.2, 0.25) is 10.0 Å². The number of aromatic nitrogens is 2. The largest absolute Gasteiger partial charge is 0.264 e. The molecule has 0 aliphatic carbocycles. The first-order chi connectivity index (χ1) is 10.3. The summed E-state index contributed by atoms with van der Waals surface area (Å²) in [6.07, 6.45) is 6.93. The molecular weight excluding hydrogens is 298 g/mol. The van der Waals surface area contributed by atoms with Crippen molar-refractivity contribution in [3.8, 4) is 0 Å². The van der Waals surface area contributed by atoms with Gasteiger partial charge in [-0.3, -0.25) is 9.97 Å². The van der Waals surface area contributed by atoms with Crippen molar-refractivity contribution in [1.82, 2.24) is 14.7 Å². The molecule has 118 valence electrons. The van der Waals surface area contributed by atoms with Crippen LogP contribution >= 0.6 is 0 Å². The second kappa shape index (κ2) is 6.54. The van der Waals surface area contributed by atoms with Crippen LogP contribution in [-0.4, -0.2) is 18.4 Å². The maximum Gasteiger partial charge on any atom is 0.242 e. The average molecular weight is 319 g/mol. The summed E-state index contributed by atoms with van der Waals surface area (Å²) in [7, 11) is -3.62. The van der Waals surface area contributed by atoms with Gasteiger partial charge in [0.05, 0.1) is 0 Å². The summed E-state index contributed by atoms with van der Waals surface area (Å²) in [6.45, 7) is 6.23. The van der Waals surface area contributed by atoms with Crippen LogP contribution in [0.4, 0.5) is 0 Å². The second-order valence-corrected chi connectivity index (χ2v) is 8.13. The predicted octanol–water partition coefficient (Wildman–Crippen LogP) is 2.93. The van der Waals surface area contributed by atoms with E-state index >= 15 is 0 Å². The van der Waals surface area contributed by atoms with Crippen LogP contribution in [0.15, 0.2) is 53.9 Å². The summed E-state index contributed by atoms with van der Waals surface area (Å²) in [4.78, 5) is 8.13. The van der Waals surface area contributed by atoms with Gasteiger partial charge in [-0.15, -0.1) is 0 Å². The molecule has 0 radical (unpaired) electrons. The summed E-state index contributed by atoms with van der Waals surface area (Å²) < 4.78 is 27.8. The molecule has 0 amide bonds. The minimum atomic E-state index is -3.62. The number of hydrogen-bond donors (Lipinski definition) is 1. The highest BCUT2D eigenvalue weighted by molar-refractivity contribution is 7.89. The van der Waals surface area contributed by atoms with Crippen molar-refractivity contribution in [2.45, 2.75) is 38.1 Å². The van der Waals surface area contributed by atoms with E-state index in [0.29, 0.717) is 6.42 Å². The molecule has 0 aliphatic heterocycles. The Morgan fingerprint density at radius 2 is 1.73 bits per heavy atom. The lowest BCUT2D eigenvalue weighted by atomic mass is 9.86. The molecule has 5 nitrogen and oxygen atoms in total. The van der Waals surface area contributed by atoms with Crippen LogP contribution < -0.4 is 4.72 Å². The van der Waals surface area contributed by atoms with E-state index in [1.54, 1.807) is 24.7 Å². The monoisotopic (exact) mass is 319 g/mol. The molecule has 2 aromatic rings. The number of pyridine rings is 2. The first-order valence-corrected chi connectivity index (χ1v) is 8.58. The maximum atomic E-state index is 12.5. The zero-order valence-corrected chi connectivity index (χ0v) is 13.8. The van der Waals surface area contributed by atoms with Crippen molar-refractivity contribution in [2.75, 3.05) is 0 Å². The number of rotatable bonds is 5. The van der Waals surface area contributed by atoms with Gasteiger partial charge < -0.3 is 0 Å². The average Bonchev–Trinajstić information content (AvgIpc) is 2.47. The van der Waals surface area contributed by atoms with Gasteiger partial charge in [-0.1, -0.05) is 26.8 Å². The quantitative estimate of drug-likeness (QED) is 0.919. The summed E-state index contributed by atoms with van der Waals surface area (Å²) in [5.41, 5.74) is 0.822. The van der Waals surface area contributed by atoms with Crippen LogP contribution in [0.2, 0.25) is 0 Å². The lowest BCUT2D eigenvalue weighted by Gasteiger charge is -2.26. The van der Waals surface area contributed by atoms with E-state index in [4.69, 9.17) is 0 Å². The van der Waals surface area contributed by atoms with Crippen molar-refractivity contribution >= 4 is 10.0 Å². The van der Waals surface area contributed by atoms with Crippen LogP contribution in [0.1, 0.15) is 38.8 Å². The molecule has 0 spiro atoms. The van der Waals surface area contributed by atoms with Gasteiger partial charge in [0.15, 0.2) is 0 Å². The molecule has 1 atom stereocenters. The van der Waals surface area contributed by atoms with Gasteiger partial charge in [-0.25, -0.2) is 13.1 Å². The first kappa shape index (κ1) is 16.6. The Morgan fingerprint density at radius 1 is 1.09 bits per heavy atom. The summed E-state index contributed by atoms with van der Waals surface area (Å²) in [6, 6.07) is 6.50. The van der Waals surface area contributed by atoms with E-state index in [2.05, 4.69) is 35.5 Å². The van der Waals surface area contributed by atoms with Gasteiger partial charge in [0.25, 0.3) is 0 Å². The highest BCUT2D eigenvalue weighted by Gasteiger charge is 2.26. The van der Waals surface area contributed by atoms with E-state index in [9.17, 15) is 8.42 Å². The Labute approximate surface area is 131 Å². The lowest BCUT2D eigenvalue weighted by molar-refractivity contribution is 0.330. The van der Waals surface area contributed by atoms with Crippen LogP contribution in [0.25, 0.3) is 0 Å². The molecule has 1 unspecified atom stereocenters.